The number of alkyl halides is 2. The van der Waals surface area contributed by atoms with Gasteiger partial charge in [0, 0.05) is 17.7 Å². The first kappa shape index (κ1) is 29.2. The number of benzene rings is 2. The SMILES string of the molecule is CCCn1ncc(C(F)F)c1-c1cc(F)cc(C(=O)NC[C@@](C)(NC(=O)OCc2ccccc2)C(=O)OC)c1. The predicted octanol–water partition coefficient (Wildman–Crippen LogP) is 4.62. The van der Waals surface area contributed by atoms with Crippen LogP contribution in [-0.4, -0.2) is 46.9 Å². The lowest BCUT2D eigenvalue weighted by Crippen LogP contribution is -2.59. The highest BCUT2D eigenvalue weighted by atomic mass is 19.3. The second kappa shape index (κ2) is 12.9. The van der Waals surface area contributed by atoms with E-state index in [4.69, 9.17) is 9.47 Å². The van der Waals surface area contributed by atoms with Crippen LogP contribution in [-0.2, 0) is 27.4 Å². The van der Waals surface area contributed by atoms with Crippen LogP contribution in [0.15, 0.2) is 54.7 Å². The first-order valence-corrected chi connectivity index (χ1v) is 12.1. The number of amides is 2. The van der Waals surface area contributed by atoms with Crippen LogP contribution >= 0.6 is 0 Å². The molecular formula is C27H29F3N4O5. The molecule has 12 heteroatoms. The smallest absolute Gasteiger partial charge is 0.408 e. The summed E-state index contributed by atoms with van der Waals surface area (Å²) in [5.41, 5.74) is -1.55. The maximum Gasteiger partial charge on any atom is 0.408 e. The number of aryl methyl sites for hydroxylation is 1. The van der Waals surface area contributed by atoms with Gasteiger partial charge < -0.3 is 20.1 Å². The highest BCUT2D eigenvalue weighted by molar-refractivity contribution is 5.96. The summed E-state index contributed by atoms with van der Waals surface area (Å²) in [6.07, 6.45) is -2.19. The van der Waals surface area contributed by atoms with Crippen LogP contribution < -0.4 is 10.6 Å². The number of hydrogen-bond acceptors (Lipinski definition) is 6. The quantitative estimate of drug-likeness (QED) is 0.340. The fraction of sp³-hybridized carbons (Fsp3) is 0.333. The van der Waals surface area contributed by atoms with Gasteiger partial charge in [0.25, 0.3) is 12.3 Å². The molecule has 2 amide bonds. The minimum absolute atomic E-state index is 0.00243. The summed E-state index contributed by atoms with van der Waals surface area (Å²) in [6.45, 7) is 2.96. The van der Waals surface area contributed by atoms with Crippen LogP contribution in [0, 0.1) is 5.82 Å². The third-order valence-electron chi connectivity index (χ3n) is 5.80. The Bertz CT molecular complexity index is 1320. The zero-order chi connectivity index (χ0) is 28.6. The van der Waals surface area contributed by atoms with Crippen molar-refractivity contribution in [3.8, 4) is 11.3 Å². The van der Waals surface area contributed by atoms with Crippen molar-refractivity contribution >= 4 is 18.0 Å². The number of esters is 1. The highest BCUT2D eigenvalue weighted by Gasteiger charge is 2.37. The van der Waals surface area contributed by atoms with E-state index < -0.39 is 47.9 Å². The summed E-state index contributed by atoms with van der Waals surface area (Å²) in [5.74, 6) is -2.52. The number of hydrogen-bond donors (Lipinski definition) is 2. The third kappa shape index (κ3) is 7.37. The number of carbonyl (C=O) groups is 3. The fourth-order valence-electron chi connectivity index (χ4n) is 3.85. The normalized spacial score (nSPS) is 12.5. The highest BCUT2D eigenvalue weighted by Crippen LogP contribution is 2.32. The Labute approximate surface area is 223 Å². The van der Waals surface area contributed by atoms with Gasteiger partial charge in [-0.3, -0.25) is 9.48 Å². The van der Waals surface area contributed by atoms with Crippen LogP contribution in [0.3, 0.4) is 0 Å². The largest absolute Gasteiger partial charge is 0.467 e. The van der Waals surface area contributed by atoms with Gasteiger partial charge >= 0.3 is 12.1 Å². The molecule has 2 aromatic carbocycles. The molecule has 0 bridgehead atoms. The molecule has 0 unspecified atom stereocenters. The van der Waals surface area contributed by atoms with E-state index in [-0.39, 0.29) is 23.4 Å². The molecule has 1 heterocycles. The molecular weight excluding hydrogens is 517 g/mol. The molecule has 0 spiro atoms. The van der Waals surface area contributed by atoms with Gasteiger partial charge in [0.05, 0.1) is 31.1 Å². The zero-order valence-corrected chi connectivity index (χ0v) is 21.7. The van der Waals surface area contributed by atoms with Crippen molar-refractivity contribution in [1.82, 2.24) is 20.4 Å². The van der Waals surface area contributed by atoms with Crippen molar-refractivity contribution in [3.05, 3.63) is 77.2 Å². The fourth-order valence-corrected chi connectivity index (χ4v) is 3.85. The molecule has 0 aliphatic carbocycles. The first-order chi connectivity index (χ1) is 18.6. The molecule has 3 aromatic rings. The Morgan fingerprint density at radius 3 is 2.49 bits per heavy atom. The maximum absolute atomic E-state index is 14.5. The number of methoxy groups -OCH3 is 1. The summed E-state index contributed by atoms with van der Waals surface area (Å²) < 4.78 is 53.1. The van der Waals surface area contributed by atoms with Crippen molar-refractivity contribution in [1.29, 1.82) is 0 Å². The summed E-state index contributed by atoms with van der Waals surface area (Å²) in [6, 6.07) is 12.1. The number of halogens is 3. The lowest BCUT2D eigenvalue weighted by Gasteiger charge is -2.27. The number of rotatable bonds is 11. The third-order valence-corrected chi connectivity index (χ3v) is 5.80. The number of nitrogens with one attached hydrogen (secondary N) is 2. The number of carbonyl (C=O) groups excluding carboxylic acids is 3. The van der Waals surface area contributed by atoms with Crippen molar-refractivity contribution in [3.63, 3.8) is 0 Å². The molecule has 0 aliphatic rings. The van der Waals surface area contributed by atoms with Crippen molar-refractivity contribution in [2.24, 2.45) is 0 Å². The summed E-state index contributed by atoms with van der Waals surface area (Å²) in [7, 11) is 1.11. The van der Waals surface area contributed by atoms with Crippen LogP contribution in [0.2, 0.25) is 0 Å². The molecule has 0 radical (unpaired) electrons. The minimum atomic E-state index is -2.86. The summed E-state index contributed by atoms with van der Waals surface area (Å²) in [5, 5.41) is 8.83. The first-order valence-electron chi connectivity index (χ1n) is 12.1. The molecule has 0 saturated carbocycles. The monoisotopic (exact) mass is 546 g/mol. The molecule has 2 N–H and O–H groups in total. The molecule has 39 heavy (non-hydrogen) atoms. The molecule has 0 fully saturated rings. The Hall–Kier alpha value is -4.35. The molecule has 3 rings (SSSR count). The van der Waals surface area contributed by atoms with Gasteiger partial charge in [0.15, 0.2) is 5.54 Å². The van der Waals surface area contributed by atoms with E-state index in [1.807, 2.05) is 6.92 Å². The van der Waals surface area contributed by atoms with E-state index in [2.05, 4.69) is 15.7 Å². The van der Waals surface area contributed by atoms with Crippen molar-refractivity contribution in [2.45, 2.75) is 45.4 Å². The molecule has 208 valence electrons. The van der Waals surface area contributed by atoms with Gasteiger partial charge in [-0.2, -0.15) is 5.10 Å². The number of ether oxygens (including phenoxy) is 2. The second-order valence-electron chi connectivity index (χ2n) is 8.89. The van der Waals surface area contributed by atoms with Gasteiger partial charge in [-0.05, 0) is 37.1 Å². The molecule has 0 aliphatic heterocycles. The lowest BCUT2D eigenvalue weighted by atomic mass is 10.0. The van der Waals surface area contributed by atoms with Crippen LogP contribution in [0.1, 0.15) is 48.2 Å². The zero-order valence-electron chi connectivity index (χ0n) is 21.7. The number of aromatic nitrogens is 2. The van der Waals surface area contributed by atoms with Gasteiger partial charge in [0.1, 0.15) is 12.4 Å². The Morgan fingerprint density at radius 2 is 1.85 bits per heavy atom. The number of alkyl carbamates (subject to hydrolysis) is 1. The topological polar surface area (TPSA) is 112 Å². The van der Waals surface area contributed by atoms with E-state index in [0.29, 0.717) is 13.0 Å². The van der Waals surface area contributed by atoms with Crippen molar-refractivity contribution in [2.75, 3.05) is 13.7 Å². The molecule has 9 nitrogen and oxygen atoms in total. The molecule has 1 atom stereocenters. The van der Waals surface area contributed by atoms with E-state index in [1.165, 1.54) is 17.7 Å². The summed E-state index contributed by atoms with van der Waals surface area (Å²) >= 11 is 0. The van der Waals surface area contributed by atoms with Gasteiger partial charge in [-0.1, -0.05) is 37.3 Å². The van der Waals surface area contributed by atoms with Crippen LogP contribution in [0.5, 0.6) is 0 Å². The average molecular weight is 547 g/mol. The Morgan fingerprint density at radius 1 is 1.13 bits per heavy atom. The van der Waals surface area contributed by atoms with Gasteiger partial charge in [-0.25, -0.2) is 22.8 Å². The molecule has 0 saturated heterocycles. The molecule has 1 aromatic heterocycles. The predicted molar refractivity (Wildman–Crippen MR) is 135 cm³/mol. The minimum Gasteiger partial charge on any atom is -0.467 e. The standard InChI is InChI=1S/C27H29F3N4O5/c1-4-10-34-22(21(14-32-34)23(29)30)18-11-19(13-20(28)12-18)24(35)31-16-27(2,25(36)38-3)33-26(37)39-15-17-8-6-5-7-9-17/h5-9,11-14,23H,4,10,15-16H2,1-3H3,(H,31,35)(H,33,37)/t27-/m1/s1. The van der Waals surface area contributed by atoms with Gasteiger partial charge in [-0.15, -0.1) is 0 Å². The van der Waals surface area contributed by atoms with Crippen LogP contribution in [0.4, 0.5) is 18.0 Å². The number of nitrogens with zero attached hydrogens (tertiary/aromatic N) is 2. The van der Waals surface area contributed by atoms with Gasteiger partial charge in [0.2, 0.25) is 0 Å². The maximum atomic E-state index is 14.5. The van der Waals surface area contributed by atoms with E-state index in [0.717, 1.165) is 31.0 Å². The van der Waals surface area contributed by atoms with Crippen LogP contribution in [0.25, 0.3) is 11.3 Å². The Balaban J connectivity index is 1.78. The average Bonchev–Trinajstić information content (AvgIpc) is 3.34. The summed E-state index contributed by atoms with van der Waals surface area (Å²) in [4.78, 5) is 37.8. The van der Waals surface area contributed by atoms with E-state index in [9.17, 15) is 27.6 Å². The second-order valence-corrected chi connectivity index (χ2v) is 8.89. The van der Waals surface area contributed by atoms with E-state index in [1.54, 1.807) is 30.3 Å². The lowest BCUT2D eigenvalue weighted by molar-refractivity contribution is -0.147. The van der Waals surface area contributed by atoms with E-state index >= 15 is 0 Å². The van der Waals surface area contributed by atoms with Crippen molar-refractivity contribution < 1.29 is 37.0 Å². The Kier molecular flexibility index (Phi) is 9.69.